The van der Waals surface area contributed by atoms with Gasteiger partial charge in [0.15, 0.2) is 0 Å². The van der Waals surface area contributed by atoms with Crippen LogP contribution in [0.2, 0.25) is 0 Å². The number of aliphatic hydroxyl groups excluding tert-OH is 1. The first-order chi connectivity index (χ1) is 6.81. The van der Waals surface area contributed by atoms with Gasteiger partial charge in [-0.15, -0.1) is 0 Å². The second-order valence-corrected chi connectivity index (χ2v) is 4.82. The lowest BCUT2D eigenvalue weighted by Crippen LogP contribution is -2.31. The number of hydrogen-bond acceptors (Lipinski definition) is 3. The van der Waals surface area contributed by atoms with Gasteiger partial charge in [-0.1, -0.05) is 0 Å². The average molecular weight is 198 g/mol. The molecule has 0 aromatic rings. The molecule has 3 aliphatic heterocycles. The second-order valence-electron chi connectivity index (χ2n) is 4.82. The molecule has 0 saturated carbocycles. The summed E-state index contributed by atoms with van der Waals surface area (Å²) in [6.45, 7) is 4.24. The van der Waals surface area contributed by atoms with E-state index in [9.17, 15) is 5.11 Å². The number of nitrogens with zero attached hydrogens (tertiary/aromatic N) is 1. The monoisotopic (exact) mass is 198 g/mol. The van der Waals surface area contributed by atoms with Gasteiger partial charge in [0.05, 0.1) is 6.10 Å². The van der Waals surface area contributed by atoms with Gasteiger partial charge in [-0.2, -0.15) is 0 Å². The van der Waals surface area contributed by atoms with E-state index in [4.69, 9.17) is 5.73 Å². The van der Waals surface area contributed by atoms with E-state index < -0.39 is 0 Å². The lowest BCUT2D eigenvalue weighted by Gasteiger charge is -2.27. The van der Waals surface area contributed by atoms with Gasteiger partial charge >= 0.3 is 0 Å². The summed E-state index contributed by atoms with van der Waals surface area (Å²) in [5, 5.41) is 10.2. The minimum atomic E-state index is -0.0611. The summed E-state index contributed by atoms with van der Waals surface area (Å²) in [6.07, 6.45) is 4.49. The van der Waals surface area contributed by atoms with Crippen molar-refractivity contribution in [1.82, 2.24) is 4.90 Å². The Hall–Kier alpha value is -0.120. The number of aliphatic hydroxyl groups is 1. The van der Waals surface area contributed by atoms with Gasteiger partial charge in [0.1, 0.15) is 0 Å². The molecule has 2 unspecified atom stereocenters. The molecule has 3 aliphatic rings. The van der Waals surface area contributed by atoms with Crippen LogP contribution in [0.3, 0.4) is 0 Å². The van der Waals surface area contributed by atoms with Crippen molar-refractivity contribution >= 4 is 0 Å². The normalized spacial score (nSPS) is 42.4. The van der Waals surface area contributed by atoms with Crippen LogP contribution in [-0.2, 0) is 0 Å². The molecule has 82 valence electrons. The number of fused-ring (bicyclic) bond motifs is 4. The number of nitrogens with two attached hydrogens (primary N) is 1. The first-order valence-corrected chi connectivity index (χ1v) is 5.91. The Labute approximate surface area is 86.3 Å². The van der Waals surface area contributed by atoms with E-state index in [-0.39, 0.29) is 6.10 Å². The van der Waals surface area contributed by atoms with Gasteiger partial charge in [0.25, 0.3) is 0 Å². The fourth-order valence-electron chi connectivity index (χ4n) is 2.94. The smallest absolute Gasteiger partial charge is 0.0609 e. The SMILES string of the molecule is NCCCC1CN2CCC(CC2)C1O. The first-order valence-electron chi connectivity index (χ1n) is 5.91. The molecular formula is C11H22N2O. The number of rotatable bonds is 3. The fourth-order valence-corrected chi connectivity index (χ4v) is 2.94. The molecule has 0 spiro atoms. The summed E-state index contributed by atoms with van der Waals surface area (Å²) >= 11 is 0. The summed E-state index contributed by atoms with van der Waals surface area (Å²) < 4.78 is 0. The van der Waals surface area contributed by atoms with Gasteiger partial charge in [-0.05, 0) is 57.2 Å². The van der Waals surface area contributed by atoms with Crippen molar-refractivity contribution in [1.29, 1.82) is 0 Å². The van der Waals surface area contributed by atoms with Crippen molar-refractivity contribution in [3.63, 3.8) is 0 Å². The molecule has 0 radical (unpaired) electrons. The molecule has 0 aliphatic carbocycles. The van der Waals surface area contributed by atoms with E-state index in [2.05, 4.69) is 4.90 Å². The molecule has 0 aromatic heterocycles. The predicted octanol–water partition coefficient (Wildman–Crippen LogP) is 0.428. The molecule has 3 saturated heterocycles. The minimum Gasteiger partial charge on any atom is -0.392 e. The lowest BCUT2D eigenvalue weighted by atomic mass is 9.86. The van der Waals surface area contributed by atoms with Crippen LogP contribution in [0.1, 0.15) is 25.7 Å². The Balaban J connectivity index is 1.95. The number of piperidine rings is 1. The summed E-state index contributed by atoms with van der Waals surface area (Å²) in [7, 11) is 0. The zero-order valence-electron chi connectivity index (χ0n) is 8.86. The van der Waals surface area contributed by atoms with Crippen molar-refractivity contribution < 1.29 is 5.11 Å². The van der Waals surface area contributed by atoms with Crippen molar-refractivity contribution in [3.8, 4) is 0 Å². The molecule has 3 heterocycles. The van der Waals surface area contributed by atoms with Crippen LogP contribution in [0.4, 0.5) is 0 Å². The summed E-state index contributed by atoms with van der Waals surface area (Å²) in [5.74, 6) is 1.05. The Bertz CT molecular complexity index is 178. The Morgan fingerprint density at radius 3 is 2.64 bits per heavy atom. The molecule has 3 fully saturated rings. The van der Waals surface area contributed by atoms with Gasteiger partial charge in [0, 0.05) is 6.54 Å². The van der Waals surface area contributed by atoms with Crippen LogP contribution in [-0.4, -0.2) is 42.3 Å². The Morgan fingerprint density at radius 1 is 1.29 bits per heavy atom. The third kappa shape index (κ3) is 2.10. The van der Waals surface area contributed by atoms with Crippen molar-refractivity contribution in [2.24, 2.45) is 17.6 Å². The molecule has 3 heteroatoms. The molecular weight excluding hydrogens is 176 g/mol. The van der Waals surface area contributed by atoms with E-state index in [1.165, 1.54) is 25.9 Å². The molecule has 14 heavy (non-hydrogen) atoms. The summed E-state index contributed by atoms with van der Waals surface area (Å²) in [4.78, 5) is 2.51. The Kier molecular flexibility index (Phi) is 3.42. The highest BCUT2D eigenvalue weighted by Gasteiger charge is 2.35. The summed E-state index contributed by atoms with van der Waals surface area (Å²) in [6, 6.07) is 0. The predicted molar refractivity (Wildman–Crippen MR) is 56.9 cm³/mol. The van der Waals surface area contributed by atoms with E-state index in [0.29, 0.717) is 11.8 Å². The average Bonchev–Trinajstić information content (AvgIpc) is 2.46. The van der Waals surface area contributed by atoms with Crippen molar-refractivity contribution in [3.05, 3.63) is 0 Å². The van der Waals surface area contributed by atoms with Crippen LogP contribution in [0.25, 0.3) is 0 Å². The zero-order valence-corrected chi connectivity index (χ0v) is 8.86. The molecule has 3 rings (SSSR count). The first kappa shape index (κ1) is 10.4. The molecule has 0 aromatic carbocycles. The lowest BCUT2D eigenvalue weighted by molar-refractivity contribution is 0.0558. The maximum absolute atomic E-state index is 10.2. The van der Waals surface area contributed by atoms with Crippen LogP contribution in [0.5, 0.6) is 0 Å². The Morgan fingerprint density at radius 2 is 2.00 bits per heavy atom. The van der Waals surface area contributed by atoms with E-state index in [0.717, 1.165) is 25.9 Å². The highest BCUT2D eigenvalue weighted by molar-refractivity contribution is 4.88. The van der Waals surface area contributed by atoms with Crippen molar-refractivity contribution in [2.45, 2.75) is 31.8 Å². The van der Waals surface area contributed by atoms with Crippen molar-refractivity contribution in [2.75, 3.05) is 26.2 Å². The van der Waals surface area contributed by atoms with Crippen LogP contribution in [0, 0.1) is 11.8 Å². The molecule has 0 amide bonds. The van der Waals surface area contributed by atoms with E-state index in [1.54, 1.807) is 0 Å². The maximum Gasteiger partial charge on any atom is 0.0609 e. The quantitative estimate of drug-likeness (QED) is 0.691. The minimum absolute atomic E-state index is 0.0611. The topological polar surface area (TPSA) is 49.5 Å². The standard InChI is InChI=1S/C11H22N2O/c12-5-1-2-10-8-13-6-3-9(4-7-13)11(10)14/h9-11,14H,1-8,12H2. The maximum atomic E-state index is 10.2. The largest absolute Gasteiger partial charge is 0.392 e. The van der Waals surface area contributed by atoms with Gasteiger partial charge in [-0.25, -0.2) is 0 Å². The molecule has 3 N–H and O–H groups in total. The summed E-state index contributed by atoms with van der Waals surface area (Å²) in [5.41, 5.74) is 5.52. The zero-order chi connectivity index (χ0) is 9.97. The highest BCUT2D eigenvalue weighted by atomic mass is 16.3. The second kappa shape index (κ2) is 4.60. The van der Waals surface area contributed by atoms with Crippen LogP contribution < -0.4 is 5.73 Å². The number of hydrogen-bond donors (Lipinski definition) is 2. The molecule has 2 atom stereocenters. The van der Waals surface area contributed by atoms with E-state index in [1.807, 2.05) is 0 Å². The molecule has 2 bridgehead atoms. The van der Waals surface area contributed by atoms with Gasteiger partial charge < -0.3 is 15.7 Å². The third-order valence-corrected chi connectivity index (χ3v) is 3.87. The highest BCUT2D eigenvalue weighted by Crippen LogP contribution is 2.32. The fraction of sp³-hybridized carbons (Fsp3) is 1.00. The third-order valence-electron chi connectivity index (χ3n) is 3.87. The van der Waals surface area contributed by atoms with Gasteiger partial charge in [0.2, 0.25) is 0 Å². The van der Waals surface area contributed by atoms with E-state index >= 15 is 0 Å². The molecule has 3 nitrogen and oxygen atoms in total. The van der Waals surface area contributed by atoms with Crippen LogP contribution in [0.15, 0.2) is 0 Å². The van der Waals surface area contributed by atoms with Crippen LogP contribution >= 0.6 is 0 Å². The van der Waals surface area contributed by atoms with Gasteiger partial charge in [-0.3, -0.25) is 0 Å².